The van der Waals surface area contributed by atoms with Crippen LogP contribution in [0.15, 0.2) is 60.9 Å². The normalized spacial score (nSPS) is 15.2. The lowest BCUT2D eigenvalue weighted by atomic mass is 10.0. The van der Waals surface area contributed by atoms with E-state index in [-0.39, 0.29) is 18.7 Å². The van der Waals surface area contributed by atoms with Crippen LogP contribution >= 0.6 is 0 Å². The number of hydrogen-bond acceptors (Lipinski definition) is 5. The van der Waals surface area contributed by atoms with Gasteiger partial charge in [0, 0.05) is 30.8 Å². The van der Waals surface area contributed by atoms with E-state index < -0.39 is 23.0 Å². The lowest BCUT2D eigenvalue weighted by Crippen LogP contribution is -2.50. The van der Waals surface area contributed by atoms with Gasteiger partial charge in [-0.1, -0.05) is 30.3 Å². The second-order valence-corrected chi connectivity index (χ2v) is 7.17. The molecule has 0 radical (unpaired) electrons. The quantitative estimate of drug-likeness (QED) is 0.481. The molecule has 1 aliphatic rings. The minimum atomic E-state index is -1.10. The number of aliphatic carboxylic acids is 1. The van der Waals surface area contributed by atoms with Gasteiger partial charge in [-0.2, -0.15) is 0 Å². The molecule has 2 heterocycles. The van der Waals surface area contributed by atoms with Gasteiger partial charge in [-0.05, 0) is 17.7 Å². The Morgan fingerprint density at radius 1 is 1.16 bits per heavy atom. The molecule has 1 atom stereocenters. The summed E-state index contributed by atoms with van der Waals surface area (Å²) in [5.41, 5.74) is 2.76. The van der Waals surface area contributed by atoms with E-state index in [1.54, 1.807) is 42.7 Å². The first-order valence-corrected chi connectivity index (χ1v) is 9.54. The monoisotopic (exact) mass is 421 g/mol. The average molecular weight is 421 g/mol. The zero-order chi connectivity index (χ0) is 22.0. The maximum absolute atomic E-state index is 12.8. The van der Waals surface area contributed by atoms with Crippen molar-refractivity contribution in [3.05, 3.63) is 88.0 Å². The Kier molecular flexibility index (Phi) is 5.35. The van der Waals surface area contributed by atoms with E-state index in [2.05, 4.69) is 10.3 Å². The molecule has 1 aliphatic heterocycles. The van der Waals surface area contributed by atoms with Crippen LogP contribution in [0.5, 0.6) is 0 Å². The molecule has 0 bridgehead atoms. The number of urea groups is 1. The number of anilines is 1. The minimum absolute atomic E-state index is 0.00414. The number of non-ortho nitro benzene ring substituents is 1. The Morgan fingerprint density at radius 2 is 1.87 bits per heavy atom. The van der Waals surface area contributed by atoms with Crippen LogP contribution < -0.4 is 5.32 Å². The van der Waals surface area contributed by atoms with E-state index in [9.17, 15) is 24.8 Å². The molecular weight excluding hydrogens is 402 g/mol. The number of para-hydroxylation sites is 1. The number of nitro groups is 1. The van der Waals surface area contributed by atoms with Gasteiger partial charge in [0.05, 0.1) is 29.2 Å². The van der Waals surface area contributed by atoms with Crippen molar-refractivity contribution < 1.29 is 19.6 Å². The average Bonchev–Trinajstić information content (AvgIpc) is 3.15. The number of amides is 2. The molecule has 0 fully saturated rings. The number of aromatic nitrogens is 2. The number of nitrogens with one attached hydrogen (secondary N) is 1. The zero-order valence-corrected chi connectivity index (χ0v) is 16.3. The first-order valence-electron chi connectivity index (χ1n) is 9.54. The topological polar surface area (TPSA) is 131 Å². The molecule has 31 heavy (non-hydrogen) atoms. The second-order valence-electron chi connectivity index (χ2n) is 7.17. The summed E-state index contributed by atoms with van der Waals surface area (Å²) in [6.07, 6.45) is 1.70. The van der Waals surface area contributed by atoms with Gasteiger partial charge in [-0.25, -0.2) is 14.6 Å². The maximum Gasteiger partial charge on any atom is 0.326 e. The molecular formula is C21H19N5O5. The molecule has 2 aromatic carbocycles. The summed E-state index contributed by atoms with van der Waals surface area (Å²) >= 11 is 0. The molecule has 0 spiro atoms. The predicted molar refractivity (Wildman–Crippen MR) is 111 cm³/mol. The predicted octanol–water partition coefficient (Wildman–Crippen LogP) is 2.88. The van der Waals surface area contributed by atoms with Crippen molar-refractivity contribution in [1.82, 2.24) is 14.5 Å². The summed E-state index contributed by atoms with van der Waals surface area (Å²) in [5, 5.41) is 23.2. The molecule has 158 valence electrons. The molecule has 2 N–H and O–H groups in total. The highest BCUT2D eigenvalue weighted by atomic mass is 16.6. The van der Waals surface area contributed by atoms with Gasteiger partial charge in [0.2, 0.25) is 0 Å². The Hall–Kier alpha value is -4.21. The van der Waals surface area contributed by atoms with E-state index in [1.165, 1.54) is 17.0 Å². The van der Waals surface area contributed by atoms with Crippen molar-refractivity contribution in [2.24, 2.45) is 0 Å². The summed E-state index contributed by atoms with van der Waals surface area (Å²) in [6, 6.07) is 13.5. The number of hydrogen-bond donors (Lipinski definition) is 2. The number of carboxylic acids is 1. The first kappa shape index (κ1) is 20.1. The number of carbonyl (C=O) groups excluding carboxylic acids is 1. The van der Waals surface area contributed by atoms with Crippen molar-refractivity contribution in [2.75, 3.05) is 5.32 Å². The van der Waals surface area contributed by atoms with E-state index in [1.807, 2.05) is 10.6 Å². The fourth-order valence-corrected chi connectivity index (χ4v) is 3.57. The van der Waals surface area contributed by atoms with Crippen LogP contribution in [0.1, 0.15) is 17.0 Å². The number of benzene rings is 2. The van der Waals surface area contributed by atoms with E-state index in [0.717, 1.165) is 11.3 Å². The summed E-state index contributed by atoms with van der Waals surface area (Å²) in [6.45, 7) is 0.476. The smallest absolute Gasteiger partial charge is 0.326 e. The van der Waals surface area contributed by atoms with Crippen molar-refractivity contribution in [1.29, 1.82) is 0 Å². The van der Waals surface area contributed by atoms with Crippen LogP contribution in [0.4, 0.5) is 16.2 Å². The second kappa shape index (κ2) is 8.27. The van der Waals surface area contributed by atoms with E-state index in [0.29, 0.717) is 17.9 Å². The lowest BCUT2D eigenvalue weighted by molar-refractivity contribution is -0.384. The molecule has 0 aliphatic carbocycles. The molecule has 4 rings (SSSR count). The largest absolute Gasteiger partial charge is 0.480 e. The number of carboxylic acid groups (broad SMARTS) is 1. The van der Waals surface area contributed by atoms with Crippen LogP contribution in [0.25, 0.3) is 0 Å². The van der Waals surface area contributed by atoms with Crippen molar-refractivity contribution >= 4 is 23.4 Å². The first-order chi connectivity index (χ1) is 14.9. The van der Waals surface area contributed by atoms with Crippen LogP contribution in [-0.2, 0) is 24.3 Å². The standard InChI is InChI=1S/C21H19N5O5/c27-20(28)18-10-17-19(12-25(18)21(29)23-15-4-2-1-3-5-15)24(13-22-17)11-14-6-8-16(9-7-14)26(30)31/h1-9,13,18H,10-12H2,(H,23,29)(H,27,28). The summed E-state index contributed by atoms with van der Waals surface area (Å²) in [5.74, 6) is -1.10. The highest BCUT2D eigenvalue weighted by molar-refractivity contribution is 5.92. The van der Waals surface area contributed by atoms with Gasteiger partial charge in [-0.15, -0.1) is 0 Å². The fourth-order valence-electron chi connectivity index (χ4n) is 3.57. The number of rotatable bonds is 5. The summed E-state index contributed by atoms with van der Waals surface area (Å²) < 4.78 is 1.83. The zero-order valence-electron chi connectivity index (χ0n) is 16.3. The summed E-state index contributed by atoms with van der Waals surface area (Å²) in [7, 11) is 0. The van der Waals surface area contributed by atoms with Crippen molar-refractivity contribution in [3.8, 4) is 0 Å². The van der Waals surface area contributed by atoms with Gasteiger partial charge in [0.15, 0.2) is 0 Å². The molecule has 10 heteroatoms. The van der Waals surface area contributed by atoms with Crippen molar-refractivity contribution in [3.63, 3.8) is 0 Å². The van der Waals surface area contributed by atoms with Gasteiger partial charge in [-0.3, -0.25) is 10.1 Å². The molecule has 1 aromatic heterocycles. The molecule has 3 aromatic rings. The molecule has 10 nitrogen and oxygen atoms in total. The Balaban J connectivity index is 1.57. The molecule has 0 saturated carbocycles. The Labute approximate surface area is 176 Å². The third kappa shape index (κ3) is 4.22. The van der Waals surface area contributed by atoms with Gasteiger partial charge < -0.3 is 19.9 Å². The third-order valence-corrected chi connectivity index (χ3v) is 5.19. The SMILES string of the molecule is O=C(O)C1Cc2ncn(Cc3ccc([N+](=O)[O-])cc3)c2CN1C(=O)Nc1ccccc1. The van der Waals surface area contributed by atoms with Crippen molar-refractivity contribution in [2.45, 2.75) is 25.6 Å². The maximum atomic E-state index is 12.8. The number of fused-ring (bicyclic) bond motifs is 1. The van der Waals surface area contributed by atoms with Gasteiger partial charge in [0.25, 0.3) is 5.69 Å². The number of nitrogens with zero attached hydrogens (tertiary/aromatic N) is 4. The highest BCUT2D eigenvalue weighted by Gasteiger charge is 2.37. The number of imidazole rings is 1. The van der Waals surface area contributed by atoms with Crippen LogP contribution in [0.3, 0.4) is 0 Å². The van der Waals surface area contributed by atoms with Crippen LogP contribution in [0, 0.1) is 10.1 Å². The third-order valence-electron chi connectivity index (χ3n) is 5.19. The Morgan fingerprint density at radius 3 is 2.52 bits per heavy atom. The molecule has 1 unspecified atom stereocenters. The summed E-state index contributed by atoms with van der Waals surface area (Å²) in [4.78, 5) is 40.6. The van der Waals surface area contributed by atoms with Gasteiger partial charge in [0.1, 0.15) is 6.04 Å². The molecule has 0 saturated heterocycles. The highest BCUT2D eigenvalue weighted by Crippen LogP contribution is 2.25. The van der Waals surface area contributed by atoms with E-state index >= 15 is 0 Å². The van der Waals surface area contributed by atoms with E-state index in [4.69, 9.17) is 0 Å². The Bertz CT molecular complexity index is 1130. The van der Waals surface area contributed by atoms with Crippen LogP contribution in [0.2, 0.25) is 0 Å². The minimum Gasteiger partial charge on any atom is -0.480 e. The molecule has 2 amide bonds. The fraction of sp³-hybridized carbons (Fsp3) is 0.190. The van der Waals surface area contributed by atoms with Crippen LogP contribution in [-0.4, -0.2) is 42.5 Å². The number of carbonyl (C=O) groups is 2. The number of nitro benzene ring substituents is 1. The lowest BCUT2D eigenvalue weighted by Gasteiger charge is -2.33. The van der Waals surface area contributed by atoms with Gasteiger partial charge >= 0.3 is 12.0 Å².